The summed E-state index contributed by atoms with van der Waals surface area (Å²) in [5, 5.41) is 23.3. The van der Waals surface area contributed by atoms with E-state index in [2.05, 4.69) is 40.2 Å². The summed E-state index contributed by atoms with van der Waals surface area (Å²) in [7, 11) is 3.78. The zero-order valence-electron chi connectivity index (χ0n) is 14.6. The molecule has 128 valence electrons. The summed E-state index contributed by atoms with van der Waals surface area (Å²) >= 11 is 0. The van der Waals surface area contributed by atoms with E-state index in [1.165, 1.54) is 5.56 Å². The maximum Gasteiger partial charge on any atom is 0.101 e. The van der Waals surface area contributed by atoms with E-state index in [0.717, 1.165) is 37.4 Å². The van der Waals surface area contributed by atoms with Gasteiger partial charge >= 0.3 is 0 Å². The smallest absolute Gasteiger partial charge is 0.101 e. The molecule has 1 aromatic heterocycles. The summed E-state index contributed by atoms with van der Waals surface area (Å²) in [5.41, 5.74) is 3.75. The van der Waals surface area contributed by atoms with Crippen LogP contribution >= 0.6 is 0 Å². The zero-order chi connectivity index (χ0) is 17.4. The first-order chi connectivity index (χ1) is 11.7. The molecule has 1 aromatic carbocycles. The molecule has 0 radical (unpaired) electrons. The van der Waals surface area contributed by atoms with Crippen molar-refractivity contribution in [3.05, 3.63) is 41.7 Å². The Balaban J connectivity index is 1.69. The highest BCUT2D eigenvalue weighted by Crippen LogP contribution is 2.24. The topological polar surface area (TPSA) is 77.7 Å². The van der Waals surface area contributed by atoms with E-state index in [0.29, 0.717) is 11.5 Å². The lowest BCUT2D eigenvalue weighted by Crippen LogP contribution is -2.22. The predicted octanol–water partition coefficient (Wildman–Crippen LogP) is 2.53. The van der Waals surface area contributed by atoms with Gasteiger partial charge in [-0.25, -0.2) is 0 Å². The summed E-state index contributed by atoms with van der Waals surface area (Å²) in [6.07, 6.45) is 5.00. The summed E-state index contributed by atoms with van der Waals surface area (Å²) in [6.45, 7) is 4.95. The van der Waals surface area contributed by atoms with Crippen molar-refractivity contribution in [1.29, 1.82) is 5.26 Å². The molecule has 0 saturated heterocycles. The average molecular weight is 326 g/mol. The summed E-state index contributed by atoms with van der Waals surface area (Å²) in [6, 6.07) is 7.91. The van der Waals surface area contributed by atoms with Gasteiger partial charge in [-0.2, -0.15) is 10.4 Å². The molecule has 0 bridgehead atoms. The van der Waals surface area contributed by atoms with Crippen molar-refractivity contribution in [3.8, 4) is 6.07 Å². The van der Waals surface area contributed by atoms with Gasteiger partial charge in [-0.05, 0) is 36.6 Å². The number of aromatic nitrogens is 2. The van der Waals surface area contributed by atoms with Gasteiger partial charge in [0.25, 0.3) is 0 Å². The van der Waals surface area contributed by atoms with Gasteiger partial charge in [0.05, 0.1) is 23.1 Å². The third-order valence-corrected chi connectivity index (χ3v) is 4.03. The van der Waals surface area contributed by atoms with Crippen molar-refractivity contribution >= 4 is 11.4 Å². The van der Waals surface area contributed by atoms with Crippen LogP contribution in [0.2, 0.25) is 0 Å². The van der Waals surface area contributed by atoms with Gasteiger partial charge in [-0.1, -0.05) is 13.0 Å². The molecule has 0 spiro atoms. The van der Waals surface area contributed by atoms with Crippen LogP contribution in [0.4, 0.5) is 11.4 Å². The third-order valence-electron chi connectivity index (χ3n) is 4.03. The molecule has 2 rings (SSSR count). The van der Waals surface area contributed by atoms with E-state index in [4.69, 9.17) is 5.26 Å². The average Bonchev–Trinajstić information content (AvgIpc) is 3.03. The first-order valence-electron chi connectivity index (χ1n) is 8.29. The van der Waals surface area contributed by atoms with E-state index >= 15 is 0 Å². The Labute approximate surface area is 143 Å². The van der Waals surface area contributed by atoms with Gasteiger partial charge in [0.2, 0.25) is 0 Å². The van der Waals surface area contributed by atoms with Gasteiger partial charge in [0.1, 0.15) is 6.07 Å². The van der Waals surface area contributed by atoms with Gasteiger partial charge in [0.15, 0.2) is 0 Å². The highest BCUT2D eigenvalue weighted by atomic mass is 15.2. The van der Waals surface area contributed by atoms with Crippen LogP contribution in [0.15, 0.2) is 30.6 Å². The van der Waals surface area contributed by atoms with Crippen molar-refractivity contribution in [2.75, 3.05) is 37.3 Å². The van der Waals surface area contributed by atoms with Gasteiger partial charge in [-0.15, -0.1) is 0 Å². The number of nitriles is 1. The second kappa shape index (κ2) is 8.94. The van der Waals surface area contributed by atoms with Gasteiger partial charge in [-0.3, -0.25) is 4.68 Å². The van der Waals surface area contributed by atoms with Gasteiger partial charge in [0, 0.05) is 33.4 Å². The van der Waals surface area contributed by atoms with E-state index in [1.54, 1.807) is 0 Å². The molecule has 6 nitrogen and oxygen atoms in total. The van der Waals surface area contributed by atoms with Crippen LogP contribution in [0, 0.1) is 11.3 Å². The minimum absolute atomic E-state index is 0.454. The lowest BCUT2D eigenvalue weighted by atomic mass is 10.1. The maximum atomic E-state index is 9.13. The van der Waals surface area contributed by atoms with Crippen LogP contribution in [-0.4, -0.2) is 36.5 Å². The number of benzene rings is 1. The molecule has 1 atom stereocenters. The Bertz CT molecular complexity index is 685. The highest BCUT2D eigenvalue weighted by molar-refractivity contribution is 5.75. The largest absolute Gasteiger partial charge is 0.385 e. The van der Waals surface area contributed by atoms with Crippen LogP contribution in [0.25, 0.3) is 0 Å². The van der Waals surface area contributed by atoms with Crippen LogP contribution in [0.3, 0.4) is 0 Å². The third kappa shape index (κ3) is 4.74. The fourth-order valence-corrected chi connectivity index (χ4v) is 2.63. The summed E-state index contributed by atoms with van der Waals surface area (Å²) in [4.78, 5) is 0. The number of aryl methyl sites for hydroxylation is 1. The first-order valence-corrected chi connectivity index (χ1v) is 8.29. The van der Waals surface area contributed by atoms with Crippen molar-refractivity contribution < 1.29 is 0 Å². The molecule has 0 unspecified atom stereocenters. The highest BCUT2D eigenvalue weighted by Gasteiger charge is 2.07. The van der Waals surface area contributed by atoms with Gasteiger partial charge < -0.3 is 16.0 Å². The molecule has 3 N–H and O–H groups in total. The fraction of sp³-hybridized carbons (Fsp3) is 0.444. The number of para-hydroxylation sites is 1. The van der Waals surface area contributed by atoms with Crippen molar-refractivity contribution in [3.63, 3.8) is 0 Å². The number of rotatable bonds is 9. The molecule has 6 heteroatoms. The first kappa shape index (κ1) is 17.8. The van der Waals surface area contributed by atoms with E-state index in [-0.39, 0.29) is 0 Å². The van der Waals surface area contributed by atoms with Crippen LogP contribution < -0.4 is 16.0 Å². The van der Waals surface area contributed by atoms with Crippen molar-refractivity contribution in [2.45, 2.75) is 19.3 Å². The quantitative estimate of drug-likeness (QED) is 0.617. The molecular weight excluding hydrogens is 300 g/mol. The normalized spacial score (nSPS) is 11.8. The Morgan fingerprint density at radius 3 is 2.83 bits per heavy atom. The molecule has 0 saturated carbocycles. The maximum absolute atomic E-state index is 9.13. The second-order valence-corrected chi connectivity index (χ2v) is 5.92. The molecule has 24 heavy (non-hydrogen) atoms. The monoisotopic (exact) mass is 326 g/mol. The molecule has 0 aliphatic heterocycles. The minimum atomic E-state index is 0.454. The SMILES string of the molecule is CNc1c(C#N)cccc1NCCCNC[C@@H](C)c1cnn(C)c1. The lowest BCUT2D eigenvalue weighted by Gasteiger charge is -2.14. The van der Waals surface area contributed by atoms with E-state index in [1.807, 2.05) is 43.2 Å². The predicted molar refractivity (Wildman–Crippen MR) is 98.3 cm³/mol. The molecule has 2 aromatic rings. The lowest BCUT2D eigenvalue weighted by molar-refractivity contribution is 0.603. The van der Waals surface area contributed by atoms with E-state index < -0.39 is 0 Å². The number of hydrogen-bond donors (Lipinski definition) is 3. The number of anilines is 2. The Morgan fingerprint density at radius 1 is 1.33 bits per heavy atom. The molecule has 0 aliphatic carbocycles. The minimum Gasteiger partial charge on any atom is -0.385 e. The van der Waals surface area contributed by atoms with Crippen molar-refractivity contribution in [1.82, 2.24) is 15.1 Å². The van der Waals surface area contributed by atoms with Crippen LogP contribution in [-0.2, 0) is 7.05 Å². The Kier molecular flexibility index (Phi) is 6.64. The molecule has 0 fully saturated rings. The van der Waals surface area contributed by atoms with Crippen molar-refractivity contribution in [2.24, 2.45) is 7.05 Å². The number of nitrogens with zero attached hydrogens (tertiary/aromatic N) is 3. The van der Waals surface area contributed by atoms with Crippen LogP contribution in [0.5, 0.6) is 0 Å². The van der Waals surface area contributed by atoms with E-state index in [9.17, 15) is 0 Å². The summed E-state index contributed by atoms with van der Waals surface area (Å²) in [5.74, 6) is 0.454. The molecule has 1 heterocycles. The Hall–Kier alpha value is -2.52. The molecule has 0 aliphatic rings. The number of nitrogens with one attached hydrogen (secondary N) is 3. The number of hydrogen-bond acceptors (Lipinski definition) is 5. The Morgan fingerprint density at radius 2 is 2.17 bits per heavy atom. The summed E-state index contributed by atoms with van der Waals surface area (Å²) < 4.78 is 1.84. The standard InChI is InChI=1S/C18H26N6/c1-14(16-12-23-24(3)13-16)11-21-8-5-9-22-17-7-4-6-15(10-19)18(17)20-2/h4,6-7,12-14,20-22H,5,8-9,11H2,1-3H3/t14-/m1/s1. The van der Waals surface area contributed by atoms with Crippen LogP contribution in [0.1, 0.15) is 30.4 Å². The zero-order valence-corrected chi connectivity index (χ0v) is 14.6. The fourth-order valence-electron chi connectivity index (χ4n) is 2.63. The molecular formula is C18H26N6. The molecule has 0 amide bonds. The second-order valence-electron chi connectivity index (χ2n) is 5.92.